The Balaban J connectivity index is 1.10. The number of aromatic nitrogens is 5. The van der Waals surface area contributed by atoms with Crippen LogP contribution in [0.2, 0.25) is 0 Å². The summed E-state index contributed by atoms with van der Waals surface area (Å²) in [5.74, 6) is 1.48. The van der Waals surface area contributed by atoms with Gasteiger partial charge in [0.15, 0.2) is 11.6 Å². The minimum Gasteiger partial charge on any atom is -0.456 e. The molecule has 0 radical (unpaired) electrons. The summed E-state index contributed by atoms with van der Waals surface area (Å²) < 4.78 is 13.2. The summed E-state index contributed by atoms with van der Waals surface area (Å²) in [5, 5.41) is 12.0. The van der Waals surface area contributed by atoms with E-state index in [2.05, 4.69) is 149 Å². The lowest BCUT2D eigenvalue weighted by Gasteiger charge is -2.16. The van der Waals surface area contributed by atoms with Gasteiger partial charge in [0, 0.05) is 49.5 Å². The molecule has 0 bridgehead atoms. The molecule has 0 aliphatic heterocycles. The molecule has 6 heteroatoms. The second kappa shape index (κ2) is 11.9. The predicted octanol–water partition coefficient (Wildman–Crippen LogP) is 12.7. The minimum absolute atomic E-state index is 0.687. The molecule has 12 aromatic rings. The summed E-state index contributed by atoms with van der Waals surface area (Å²) in [7, 11) is 0. The largest absolute Gasteiger partial charge is 0.456 e. The van der Waals surface area contributed by atoms with E-state index in [9.17, 15) is 0 Å². The Morgan fingerprint density at radius 2 is 0.946 bits per heavy atom. The summed E-state index contributed by atoms with van der Waals surface area (Å²) in [4.78, 5) is 5.15. The van der Waals surface area contributed by atoms with Crippen LogP contribution < -0.4 is 0 Å². The van der Waals surface area contributed by atoms with Gasteiger partial charge in [-0.05, 0) is 66.7 Å². The number of para-hydroxylation sites is 6. The molecule has 56 heavy (non-hydrogen) atoms. The third-order valence-corrected chi connectivity index (χ3v) is 11.1. The zero-order valence-corrected chi connectivity index (χ0v) is 30.0. The van der Waals surface area contributed by atoms with Gasteiger partial charge in [-0.2, -0.15) is 0 Å². The molecule has 0 fully saturated rings. The molecule has 4 aromatic heterocycles. The van der Waals surface area contributed by atoms with Gasteiger partial charge in [-0.1, -0.05) is 115 Å². The van der Waals surface area contributed by atoms with E-state index in [1.165, 1.54) is 16.2 Å². The molecule has 6 nitrogen and oxygen atoms in total. The van der Waals surface area contributed by atoms with Gasteiger partial charge in [0.2, 0.25) is 0 Å². The van der Waals surface area contributed by atoms with Crippen LogP contribution in [0.5, 0.6) is 0 Å². The SMILES string of the molecule is c1ccc(-c2nc(-c3ccc4c(c3)c3ccccc3n4-c3ccccc3-n3c4ccccc4c4cc5c(cc43)oc3ccccc35)n(-c3ccccc3)n2)cc1. The molecule has 0 spiro atoms. The van der Waals surface area contributed by atoms with Crippen LogP contribution in [0.25, 0.3) is 105 Å². The molecular weight excluding hydrogens is 687 g/mol. The van der Waals surface area contributed by atoms with Gasteiger partial charge in [-0.25, -0.2) is 9.67 Å². The predicted molar refractivity (Wildman–Crippen MR) is 228 cm³/mol. The lowest BCUT2D eigenvalue weighted by molar-refractivity contribution is 0.669. The number of fused-ring (bicyclic) bond motifs is 9. The first-order chi connectivity index (χ1) is 27.8. The average molecular weight is 718 g/mol. The Hall–Kier alpha value is -7.70. The standard InChI is InChI=1S/C50H31N5O/c1-3-15-32(16-4-1)49-51-50(55(52-49)34-17-5-2-6-18-34)33-27-28-43-38(29-33)35-19-7-10-22-41(35)53(43)44-24-12-13-25-45(44)54-42-23-11-8-20-36(42)39-30-40-37-21-9-14-26-47(37)56-48(40)31-46(39)54/h1-31H. The van der Waals surface area contributed by atoms with Gasteiger partial charge in [0.25, 0.3) is 0 Å². The van der Waals surface area contributed by atoms with Crippen molar-refractivity contribution in [2.24, 2.45) is 0 Å². The van der Waals surface area contributed by atoms with Crippen molar-refractivity contribution < 1.29 is 4.42 Å². The van der Waals surface area contributed by atoms with E-state index in [1.54, 1.807) is 0 Å². The summed E-state index contributed by atoms with van der Waals surface area (Å²) in [6.45, 7) is 0. The maximum Gasteiger partial charge on any atom is 0.182 e. The van der Waals surface area contributed by atoms with Gasteiger partial charge in [0.1, 0.15) is 11.2 Å². The first-order valence-electron chi connectivity index (χ1n) is 18.8. The van der Waals surface area contributed by atoms with E-state index >= 15 is 0 Å². The van der Waals surface area contributed by atoms with Crippen molar-refractivity contribution in [1.82, 2.24) is 23.9 Å². The maximum absolute atomic E-state index is 6.45. The fourth-order valence-corrected chi connectivity index (χ4v) is 8.62. The second-order valence-electron chi connectivity index (χ2n) is 14.3. The van der Waals surface area contributed by atoms with Gasteiger partial charge in [-0.15, -0.1) is 5.10 Å². The van der Waals surface area contributed by atoms with E-state index in [0.717, 1.165) is 83.4 Å². The van der Waals surface area contributed by atoms with Crippen LogP contribution in [0.4, 0.5) is 0 Å². The molecule has 12 rings (SSSR count). The summed E-state index contributed by atoms with van der Waals surface area (Å²) in [6.07, 6.45) is 0. The first kappa shape index (κ1) is 30.7. The summed E-state index contributed by atoms with van der Waals surface area (Å²) in [5.41, 5.74) is 11.3. The molecule has 0 amide bonds. The van der Waals surface area contributed by atoms with Crippen molar-refractivity contribution in [1.29, 1.82) is 0 Å². The van der Waals surface area contributed by atoms with E-state index in [1.807, 2.05) is 53.2 Å². The van der Waals surface area contributed by atoms with Gasteiger partial charge < -0.3 is 13.6 Å². The van der Waals surface area contributed by atoms with Crippen LogP contribution in [0.15, 0.2) is 192 Å². The lowest BCUT2D eigenvalue weighted by Crippen LogP contribution is -2.03. The quantitative estimate of drug-likeness (QED) is 0.178. The zero-order chi connectivity index (χ0) is 36.7. The Morgan fingerprint density at radius 3 is 1.68 bits per heavy atom. The first-order valence-corrected chi connectivity index (χ1v) is 18.8. The Kier molecular flexibility index (Phi) is 6.53. The molecular formula is C50H31N5O. The number of benzene rings is 8. The Morgan fingerprint density at radius 1 is 0.375 bits per heavy atom. The third-order valence-electron chi connectivity index (χ3n) is 11.1. The van der Waals surface area contributed by atoms with Crippen LogP contribution in [-0.4, -0.2) is 23.9 Å². The molecule has 0 saturated heterocycles. The number of nitrogens with zero attached hydrogens (tertiary/aromatic N) is 5. The fourth-order valence-electron chi connectivity index (χ4n) is 8.62. The Bertz CT molecular complexity index is 3480. The molecule has 0 atom stereocenters. The van der Waals surface area contributed by atoms with Crippen LogP contribution in [0, 0.1) is 0 Å². The third kappa shape index (κ3) is 4.50. The normalized spacial score (nSPS) is 11.9. The minimum atomic E-state index is 0.687. The number of hydrogen-bond acceptors (Lipinski definition) is 3. The topological polar surface area (TPSA) is 53.7 Å². The van der Waals surface area contributed by atoms with E-state index < -0.39 is 0 Å². The van der Waals surface area contributed by atoms with Crippen molar-refractivity contribution in [3.63, 3.8) is 0 Å². The molecule has 262 valence electrons. The van der Waals surface area contributed by atoms with E-state index in [-0.39, 0.29) is 0 Å². The lowest BCUT2D eigenvalue weighted by atomic mass is 10.1. The van der Waals surface area contributed by atoms with Crippen molar-refractivity contribution >= 4 is 65.6 Å². The fraction of sp³-hybridized carbons (Fsp3) is 0. The monoisotopic (exact) mass is 717 g/mol. The number of hydrogen-bond donors (Lipinski definition) is 0. The molecule has 4 heterocycles. The van der Waals surface area contributed by atoms with Gasteiger partial charge >= 0.3 is 0 Å². The van der Waals surface area contributed by atoms with Gasteiger partial charge in [0.05, 0.1) is 39.1 Å². The Labute approximate surface area is 320 Å². The van der Waals surface area contributed by atoms with Crippen LogP contribution in [-0.2, 0) is 0 Å². The van der Waals surface area contributed by atoms with Crippen molar-refractivity contribution in [2.75, 3.05) is 0 Å². The van der Waals surface area contributed by atoms with Crippen LogP contribution in [0.1, 0.15) is 0 Å². The number of rotatable bonds is 5. The van der Waals surface area contributed by atoms with Crippen LogP contribution >= 0.6 is 0 Å². The molecule has 0 aliphatic rings. The van der Waals surface area contributed by atoms with Crippen molar-refractivity contribution in [3.05, 3.63) is 188 Å². The van der Waals surface area contributed by atoms with Crippen molar-refractivity contribution in [3.8, 4) is 39.8 Å². The molecule has 0 aliphatic carbocycles. The highest BCUT2D eigenvalue weighted by molar-refractivity contribution is 6.18. The maximum atomic E-state index is 6.45. The molecule has 0 N–H and O–H groups in total. The highest BCUT2D eigenvalue weighted by atomic mass is 16.3. The number of furan rings is 1. The summed E-state index contributed by atoms with van der Waals surface area (Å²) >= 11 is 0. The highest BCUT2D eigenvalue weighted by Crippen LogP contribution is 2.41. The van der Waals surface area contributed by atoms with E-state index in [0.29, 0.717) is 5.82 Å². The highest BCUT2D eigenvalue weighted by Gasteiger charge is 2.22. The van der Waals surface area contributed by atoms with E-state index in [4.69, 9.17) is 14.5 Å². The van der Waals surface area contributed by atoms with Crippen molar-refractivity contribution in [2.45, 2.75) is 0 Å². The molecule has 0 unspecified atom stereocenters. The van der Waals surface area contributed by atoms with Crippen LogP contribution in [0.3, 0.4) is 0 Å². The molecule has 0 saturated carbocycles. The average Bonchev–Trinajstić information content (AvgIpc) is 4.03. The molecule has 8 aromatic carbocycles. The smallest absolute Gasteiger partial charge is 0.182 e. The van der Waals surface area contributed by atoms with Gasteiger partial charge in [-0.3, -0.25) is 0 Å². The zero-order valence-electron chi connectivity index (χ0n) is 30.0. The second-order valence-corrected chi connectivity index (χ2v) is 14.3. The summed E-state index contributed by atoms with van der Waals surface area (Å²) in [6, 6.07) is 66.0.